The first-order chi connectivity index (χ1) is 15.7. The lowest BCUT2D eigenvalue weighted by Gasteiger charge is -2.47. The number of Topliss-reactive ketones (excluding diaryl/α,β-unsaturated/α-hetero) is 1. The number of alkyl halides is 3. The van der Waals surface area contributed by atoms with E-state index in [1.807, 2.05) is 30.3 Å². The van der Waals surface area contributed by atoms with Gasteiger partial charge in [-0.1, -0.05) is 30.3 Å². The first-order valence-electron chi connectivity index (χ1n) is 11.1. The number of piperidine rings is 2. The van der Waals surface area contributed by atoms with Crippen molar-refractivity contribution in [2.75, 3.05) is 0 Å². The normalized spacial score (nSPS) is 22.7. The number of hydrogen-bond acceptors (Lipinski definition) is 3. The molecule has 4 rings (SSSR count). The lowest BCUT2D eigenvalue weighted by Crippen LogP contribution is -2.55. The third-order valence-corrected chi connectivity index (χ3v) is 6.58. The van der Waals surface area contributed by atoms with Crippen LogP contribution in [0.2, 0.25) is 0 Å². The summed E-state index contributed by atoms with van der Waals surface area (Å²) in [6.07, 6.45) is -2.45. The summed E-state index contributed by atoms with van der Waals surface area (Å²) < 4.78 is 59.0. The Kier molecular flexibility index (Phi) is 6.72. The van der Waals surface area contributed by atoms with E-state index in [-0.39, 0.29) is 30.0 Å². The molecule has 0 aromatic heterocycles. The summed E-state index contributed by atoms with van der Waals surface area (Å²) in [7, 11) is 0. The van der Waals surface area contributed by atoms with Crippen molar-refractivity contribution in [3.63, 3.8) is 0 Å². The number of amides is 1. The summed E-state index contributed by atoms with van der Waals surface area (Å²) in [5, 5.41) is 0. The standard InChI is InChI=1S/C25H25F4NO3/c26-19-9-10-22(25(27,28)29)17(11-19)14-23(31)18-12-20-7-4-8-21(13-18)30(20)24(32)33-15-16-5-2-1-3-6-16/h1-3,5-6,9-11,18,20-21H,4,7-8,12-15H2. The molecule has 1 amide bonds. The minimum Gasteiger partial charge on any atom is -0.445 e. The van der Waals surface area contributed by atoms with Crippen LogP contribution in [0, 0.1) is 11.7 Å². The van der Waals surface area contributed by atoms with E-state index in [9.17, 15) is 27.2 Å². The fraction of sp³-hybridized carbons (Fsp3) is 0.440. The Labute approximate surface area is 189 Å². The lowest BCUT2D eigenvalue weighted by atomic mass is 9.76. The Balaban J connectivity index is 1.43. The largest absolute Gasteiger partial charge is 0.445 e. The van der Waals surface area contributed by atoms with Crippen LogP contribution in [0.3, 0.4) is 0 Å². The first kappa shape index (κ1) is 23.3. The number of carbonyl (C=O) groups is 2. The number of halogens is 4. The Bertz CT molecular complexity index is 994. The van der Waals surface area contributed by atoms with Crippen LogP contribution in [-0.2, 0) is 28.7 Å². The quantitative estimate of drug-likeness (QED) is 0.517. The molecule has 0 N–H and O–H groups in total. The van der Waals surface area contributed by atoms with Crippen molar-refractivity contribution < 1.29 is 31.9 Å². The minimum atomic E-state index is -4.66. The molecule has 2 aliphatic rings. The molecule has 0 spiro atoms. The van der Waals surface area contributed by atoms with Gasteiger partial charge in [0.1, 0.15) is 18.2 Å². The van der Waals surface area contributed by atoms with Gasteiger partial charge in [-0.15, -0.1) is 0 Å². The van der Waals surface area contributed by atoms with E-state index in [2.05, 4.69) is 0 Å². The molecule has 4 nitrogen and oxygen atoms in total. The number of benzene rings is 2. The zero-order valence-electron chi connectivity index (χ0n) is 18.0. The molecular weight excluding hydrogens is 438 g/mol. The summed E-state index contributed by atoms with van der Waals surface area (Å²) in [4.78, 5) is 27.5. The number of ketones is 1. The van der Waals surface area contributed by atoms with Crippen molar-refractivity contribution in [3.05, 3.63) is 71.0 Å². The van der Waals surface area contributed by atoms with E-state index in [0.29, 0.717) is 31.7 Å². The van der Waals surface area contributed by atoms with Gasteiger partial charge in [-0.2, -0.15) is 13.2 Å². The molecular formula is C25H25F4NO3. The van der Waals surface area contributed by atoms with Crippen LogP contribution in [-0.4, -0.2) is 28.9 Å². The van der Waals surface area contributed by atoms with Gasteiger partial charge < -0.3 is 9.64 Å². The van der Waals surface area contributed by atoms with E-state index in [1.165, 1.54) is 0 Å². The minimum absolute atomic E-state index is 0.151. The van der Waals surface area contributed by atoms with E-state index < -0.39 is 36.0 Å². The second-order valence-electron chi connectivity index (χ2n) is 8.80. The van der Waals surface area contributed by atoms with Crippen molar-refractivity contribution in [2.24, 2.45) is 5.92 Å². The fourth-order valence-electron chi connectivity index (χ4n) is 5.05. The molecule has 2 atom stereocenters. The zero-order chi connectivity index (χ0) is 23.6. The average Bonchev–Trinajstić information content (AvgIpc) is 2.76. The molecule has 2 saturated heterocycles. The number of carbonyl (C=O) groups excluding carboxylic acids is 2. The summed E-state index contributed by atoms with van der Waals surface area (Å²) in [5.41, 5.74) is -0.460. The molecule has 0 radical (unpaired) electrons. The highest BCUT2D eigenvalue weighted by Crippen LogP contribution is 2.39. The molecule has 8 heteroatoms. The highest BCUT2D eigenvalue weighted by molar-refractivity contribution is 5.84. The van der Waals surface area contributed by atoms with Crippen LogP contribution in [0.5, 0.6) is 0 Å². The smallest absolute Gasteiger partial charge is 0.416 e. The highest BCUT2D eigenvalue weighted by Gasteiger charge is 2.44. The van der Waals surface area contributed by atoms with Gasteiger partial charge in [0.25, 0.3) is 0 Å². The molecule has 0 saturated carbocycles. The van der Waals surface area contributed by atoms with Gasteiger partial charge in [0, 0.05) is 24.4 Å². The van der Waals surface area contributed by atoms with E-state index in [0.717, 1.165) is 24.1 Å². The fourth-order valence-corrected chi connectivity index (χ4v) is 5.05. The van der Waals surface area contributed by atoms with E-state index in [4.69, 9.17) is 4.74 Å². The number of fused-ring (bicyclic) bond motifs is 2. The maximum absolute atomic E-state index is 13.6. The van der Waals surface area contributed by atoms with Crippen LogP contribution in [0.1, 0.15) is 48.8 Å². The number of rotatable bonds is 5. The topological polar surface area (TPSA) is 46.6 Å². The molecule has 2 unspecified atom stereocenters. The van der Waals surface area contributed by atoms with Gasteiger partial charge in [-0.25, -0.2) is 9.18 Å². The predicted octanol–water partition coefficient (Wildman–Crippen LogP) is 5.93. The molecule has 2 aromatic carbocycles. The maximum atomic E-state index is 13.6. The molecule has 2 fully saturated rings. The van der Waals surface area contributed by atoms with Gasteiger partial charge >= 0.3 is 12.3 Å². The number of nitrogens with zero attached hydrogens (tertiary/aromatic N) is 1. The van der Waals surface area contributed by atoms with Gasteiger partial charge in [-0.05, 0) is 61.4 Å². The van der Waals surface area contributed by atoms with Gasteiger partial charge in [0.2, 0.25) is 0 Å². The molecule has 2 aromatic rings. The van der Waals surface area contributed by atoms with Crippen LogP contribution >= 0.6 is 0 Å². The Morgan fingerprint density at radius 2 is 1.67 bits per heavy atom. The van der Waals surface area contributed by atoms with Crippen molar-refractivity contribution in [2.45, 2.75) is 63.4 Å². The molecule has 2 heterocycles. The van der Waals surface area contributed by atoms with Crippen LogP contribution < -0.4 is 0 Å². The van der Waals surface area contributed by atoms with Gasteiger partial charge in [0.15, 0.2) is 0 Å². The van der Waals surface area contributed by atoms with Gasteiger partial charge in [-0.3, -0.25) is 4.79 Å². The zero-order valence-corrected chi connectivity index (χ0v) is 18.0. The molecule has 176 valence electrons. The molecule has 2 aliphatic heterocycles. The van der Waals surface area contributed by atoms with Crippen LogP contribution in [0.25, 0.3) is 0 Å². The third-order valence-electron chi connectivity index (χ3n) is 6.58. The molecule has 2 bridgehead atoms. The lowest BCUT2D eigenvalue weighted by molar-refractivity contribution is -0.138. The van der Waals surface area contributed by atoms with Gasteiger partial charge in [0.05, 0.1) is 5.56 Å². The Morgan fingerprint density at radius 3 is 2.30 bits per heavy atom. The second kappa shape index (κ2) is 9.53. The number of ether oxygens (including phenoxy) is 1. The second-order valence-corrected chi connectivity index (χ2v) is 8.80. The summed E-state index contributed by atoms with van der Waals surface area (Å²) in [6, 6.07) is 11.2. The summed E-state index contributed by atoms with van der Waals surface area (Å²) >= 11 is 0. The van der Waals surface area contributed by atoms with Crippen LogP contribution in [0.4, 0.5) is 22.4 Å². The first-order valence-corrected chi connectivity index (χ1v) is 11.1. The average molecular weight is 463 g/mol. The number of hydrogen-bond donors (Lipinski definition) is 0. The van der Waals surface area contributed by atoms with Crippen molar-refractivity contribution in [1.82, 2.24) is 4.90 Å². The summed E-state index contributed by atoms with van der Waals surface area (Å²) in [6.45, 7) is 0.151. The van der Waals surface area contributed by atoms with E-state index >= 15 is 0 Å². The Hall–Kier alpha value is -2.90. The van der Waals surface area contributed by atoms with Crippen LogP contribution in [0.15, 0.2) is 48.5 Å². The highest BCUT2D eigenvalue weighted by atomic mass is 19.4. The predicted molar refractivity (Wildman–Crippen MR) is 113 cm³/mol. The maximum Gasteiger partial charge on any atom is 0.416 e. The van der Waals surface area contributed by atoms with Crippen molar-refractivity contribution in [1.29, 1.82) is 0 Å². The summed E-state index contributed by atoms with van der Waals surface area (Å²) in [5.74, 6) is -1.62. The molecule has 33 heavy (non-hydrogen) atoms. The van der Waals surface area contributed by atoms with Crippen molar-refractivity contribution >= 4 is 11.9 Å². The Morgan fingerprint density at radius 1 is 1.00 bits per heavy atom. The third kappa shape index (κ3) is 5.37. The SMILES string of the molecule is O=C(Cc1cc(F)ccc1C(F)(F)F)C1CC2CCCC(C1)N2C(=O)OCc1ccccc1. The van der Waals surface area contributed by atoms with Crippen molar-refractivity contribution in [3.8, 4) is 0 Å². The molecule has 0 aliphatic carbocycles. The van der Waals surface area contributed by atoms with E-state index in [1.54, 1.807) is 4.90 Å². The monoisotopic (exact) mass is 463 g/mol.